The van der Waals surface area contributed by atoms with Gasteiger partial charge in [-0.3, -0.25) is 4.79 Å². The van der Waals surface area contributed by atoms with Crippen LogP contribution < -0.4 is 5.32 Å². The number of oxazole rings is 1. The Morgan fingerprint density at radius 1 is 1.12 bits per heavy atom. The Kier molecular flexibility index (Phi) is 5.76. The van der Waals surface area contributed by atoms with Gasteiger partial charge in [-0.1, -0.05) is 12.1 Å². The average Bonchev–Trinajstić information content (AvgIpc) is 3.44. The third kappa shape index (κ3) is 4.69. The van der Waals surface area contributed by atoms with E-state index in [0.29, 0.717) is 0 Å². The highest BCUT2D eigenvalue weighted by atomic mass is 19.4. The largest absolute Gasteiger partial charge is 0.441 e. The predicted molar refractivity (Wildman–Crippen MR) is 107 cm³/mol. The quantitative estimate of drug-likeness (QED) is 0.412. The van der Waals surface area contributed by atoms with E-state index in [4.69, 9.17) is 4.42 Å². The van der Waals surface area contributed by atoms with E-state index < -0.39 is 23.5 Å². The summed E-state index contributed by atoms with van der Waals surface area (Å²) in [5, 5.41) is 6.51. The van der Waals surface area contributed by atoms with Gasteiger partial charge < -0.3 is 9.73 Å². The standard InChI is InChI=1S/C22H16F4N4O2/c23-16-5-2-1-4-15(16)19-13-27-21(32-19)9-8-20(31)29-17-12-14(22(24,25)26)6-7-18(17)30-11-3-10-28-30/h1-7,10-13H,8-9H2,(H,29,31). The molecule has 2 aromatic carbocycles. The number of halogens is 4. The zero-order chi connectivity index (χ0) is 22.7. The van der Waals surface area contributed by atoms with E-state index in [0.717, 1.165) is 12.1 Å². The number of nitrogens with zero attached hydrogens (tertiary/aromatic N) is 3. The summed E-state index contributed by atoms with van der Waals surface area (Å²) in [4.78, 5) is 16.5. The molecule has 0 aliphatic heterocycles. The molecule has 4 aromatic rings. The van der Waals surface area contributed by atoms with Gasteiger partial charge in [-0.15, -0.1) is 0 Å². The average molecular weight is 444 g/mol. The number of benzene rings is 2. The molecule has 0 bridgehead atoms. The summed E-state index contributed by atoms with van der Waals surface area (Å²) in [6, 6.07) is 10.7. The molecule has 0 saturated carbocycles. The number of anilines is 1. The van der Waals surface area contributed by atoms with E-state index >= 15 is 0 Å². The van der Waals surface area contributed by atoms with Crippen LogP contribution in [0.4, 0.5) is 23.2 Å². The van der Waals surface area contributed by atoms with Gasteiger partial charge in [-0.25, -0.2) is 14.1 Å². The number of aromatic nitrogens is 3. The fourth-order valence-corrected chi connectivity index (χ4v) is 3.07. The van der Waals surface area contributed by atoms with Crippen LogP contribution in [0.15, 0.2) is 71.5 Å². The fourth-order valence-electron chi connectivity index (χ4n) is 3.07. The monoisotopic (exact) mass is 444 g/mol. The molecular formula is C22H16F4N4O2. The molecule has 0 atom stereocenters. The molecule has 4 rings (SSSR count). The summed E-state index contributed by atoms with van der Waals surface area (Å²) >= 11 is 0. The molecule has 164 valence electrons. The van der Waals surface area contributed by atoms with Gasteiger partial charge in [0.2, 0.25) is 5.91 Å². The molecule has 0 aliphatic carbocycles. The maximum absolute atomic E-state index is 13.9. The van der Waals surface area contributed by atoms with Gasteiger partial charge in [-0.05, 0) is 36.4 Å². The maximum Gasteiger partial charge on any atom is 0.416 e. The van der Waals surface area contributed by atoms with Crippen molar-refractivity contribution in [3.8, 4) is 17.0 Å². The third-order valence-electron chi connectivity index (χ3n) is 4.61. The van der Waals surface area contributed by atoms with Crippen molar-refractivity contribution < 1.29 is 26.8 Å². The van der Waals surface area contributed by atoms with Gasteiger partial charge in [-0.2, -0.15) is 18.3 Å². The second-order valence-corrected chi connectivity index (χ2v) is 6.83. The first-order chi connectivity index (χ1) is 15.3. The summed E-state index contributed by atoms with van der Waals surface area (Å²) in [5.41, 5.74) is -0.406. The van der Waals surface area contributed by atoms with E-state index in [-0.39, 0.29) is 41.4 Å². The lowest BCUT2D eigenvalue weighted by Gasteiger charge is -2.14. The molecular weight excluding hydrogens is 428 g/mol. The number of rotatable bonds is 6. The van der Waals surface area contributed by atoms with Crippen molar-refractivity contribution in [2.24, 2.45) is 0 Å². The van der Waals surface area contributed by atoms with Crippen LogP contribution in [-0.4, -0.2) is 20.7 Å². The van der Waals surface area contributed by atoms with Gasteiger partial charge in [0.05, 0.1) is 28.7 Å². The first-order valence-corrected chi connectivity index (χ1v) is 9.52. The first kappa shape index (κ1) is 21.3. The molecule has 1 N–H and O–H groups in total. The van der Waals surface area contributed by atoms with Crippen molar-refractivity contribution in [3.05, 3.63) is 84.4 Å². The summed E-state index contributed by atoms with van der Waals surface area (Å²) < 4.78 is 60.1. The summed E-state index contributed by atoms with van der Waals surface area (Å²) in [6.07, 6.45) is -0.214. The van der Waals surface area contributed by atoms with Crippen LogP contribution in [-0.2, 0) is 17.4 Å². The Hall–Kier alpha value is -3.95. The molecule has 0 saturated heterocycles. The summed E-state index contributed by atoms with van der Waals surface area (Å²) in [5.74, 6) is -0.584. The van der Waals surface area contributed by atoms with Gasteiger partial charge >= 0.3 is 6.18 Å². The number of amides is 1. The van der Waals surface area contributed by atoms with Crippen molar-refractivity contribution in [2.45, 2.75) is 19.0 Å². The third-order valence-corrected chi connectivity index (χ3v) is 4.61. The first-order valence-electron chi connectivity index (χ1n) is 9.52. The number of hydrogen-bond acceptors (Lipinski definition) is 4. The molecule has 32 heavy (non-hydrogen) atoms. The van der Waals surface area contributed by atoms with Crippen molar-refractivity contribution in [2.75, 3.05) is 5.32 Å². The second-order valence-electron chi connectivity index (χ2n) is 6.83. The minimum absolute atomic E-state index is 0.0343. The lowest BCUT2D eigenvalue weighted by atomic mass is 10.1. The Bertz CT molecular complexity index is 1230. The van der Waals surface area contributed by atoms with Crippen LogP contribution in [0.25, 0.3) is 17.0 Å². The van der Waals surface area contributed by atoms with Crippen LogP contribution in [0.5, 0.6) is 0 Å². The number of alkyl halides is 3. The molecule has 0 unspecified atom stereocenters. The Balaban J connectivity index is 1.48. The number of nitrogens with one attached hydrogen (secondary N) is 1. The van der Waals surface area contributed by atoms with E-state index in [1.807, 2.05) is 0 Å². The van der Waals surface area contributed by atoms with Crippen molar-refractivity contribution in [1.82, 2.24) is 14.8 Å². The molecule has 6 nitrogen and oxygen atoms in total. The lowest BCUT2D eigenvalue weighted by Crippen LogP contribution is -2.16. The number of aryl methyl sites for hydroxylation is 1. The Morgan fingerprint density at radius 2 is 1.94 bits per heavy atom. The smallest absolute Gasteiger partial charge is 0.416 e. The summed E-state index contributed by atoms with van der Waals surface area (Å²) in [7, 11) is 0. The number of hydrogen-bond donors (Lipinski definition) is 1. The highest BCUT2D eigenvalue weighted by Crippen LogP contribution is 2.33. The van der Waals surface area contributed by atoms with Gasteiger partial charge in [0.25, 0.3) is 0 Å². The van der Waals surface area contributed by atoms with Crippen LogP contribution in [0.1, 0.15) is 17.9 Å². The second kappa shape index (κ2) is 8.66. The number of carbonyl (C=O) groups excluding carboxylic acids is 1. The molecule has 1 amide bonds. The molecule has 0 fully saturated rings. The van der Waals surface area contributed by atoms with Crippen molar-refractivity contribution in [3.63, 3.8) is 0 Å². The van der Waals surface area contributed by atoms with E-state index in [9.17, 15) is 22.4 Å². The zero-order valence-electron chi connectivity index (χ0n) is 16.4. The minimum atomic E-state index is -4.57. The van der Waals surface area contributed by atoms with Crippen LogP contribution in [0, 0.1) is 5.82 Å². The molecule has 2 heterocycles. The fraction of sp³-hybridized carbons (Fsp3) is 0.136. The Labute approximate surface area is 179 Å². The van der Waals surface area contributed by atoms with Gasteiger partial charge in [0.15, 0.2) is 11.7 Å². The Morgan fingerprint density at radius 3 is 2.66 bits per heavy atom. The zero-order valence-corrected chi connectivity index (χ0v) is 16.4. The molecule has 0 aliphatic rings. The van der Waals surface area contributed by atoms with E-state index in [1.165, 1.54) is 35.3 Å². The SMILES string of the molecule is O=C(CCc1ncc(-c2ccccc2F)o1)Nc1cc(C(F)(F)F)ccc1-n1cccn1. The maximum atomic E-state index is 13.9. The topological polar surface area (TPSA) is 73.0 Å². The highest BCUT2D eigenvalue weighted by Gasteiger charge is 2.31. The highest BCUT2D eigenvalue weighted by molar-refractivity contribution is 5.93. The summed E-state index contributed by atoms with van der Waals surface area (Å²) in [6.45, 7) is 0. The molecule has 0 spiro atoms. The minimum Gasteiger partial charge on any atom is -0.441 e. The molecule has 0 radical (unpaired) electrons. The van der Waals surface area contributed by atoms with E-state index in [2.05, 4.69) is 15.4 Å². The van der Waals surface area contributed by atoms with Crippen LogP contribution >= 0.6 is 0 Å². The number of carbonyl (C=O) groups is 1. The lowest BCUT2D eigenvalue weighted by molar-refractivity contribution is -0.137. The molecule has 2 aromatic heterocycles. The van der Waals surface area contributed by atoms with Crippen LogP contribution in [0.3, 0.4) is 0 Å². The van der Waals surface area contributed by atoms with Crippen molar-refractivity contribution in [1.29, 1.82) is 0 Å². The van der Waals surface area contributed by atoms with E-state index in [1.54, 1.807) is 24.4 Å². The van der Waals surface area contributed by atoms with Crippen LogP contribution in [0.2, 0.25) is 0 Å². The van der Waals surface area contributed by atoms with Crippen molar-refractivity contribution >= 4 is 11.6 Å². The normalized spacial score (nSPS) is 11.5. The molecule has 10 heteroatoms. The van der Waals surface area contributed by atoms with Gasteiger partial charge in [0.1, 0.15) is 5.82 Å². The predicted octanol–water partition coefficient (Wildman–Crippen LogP) is 5.26. The van der Waals surface area contributed by atoms with Gasteiger partial charge in [0, 0.05) is 25.2 Å².